The molecule has 0 saturated heterocycles. The number of nitrogens with one attached hydrogen (secondary N) is 2. The van der Waals surface area contributed by atoms with E-state index in [1.54, 1.807) is 24.3 Å². The molecule has 1 rings (SSSR count). The van der Waals surface area contributed by atoms with E-state index in [4.69, 9.17) is 17.3 Å². The zero-order valence-corrected chi connectivity index (χ0v) is 11.5. The molecule has 1 atom stereocenters. The molecule has 1 unspecified atom stereocenters. The summed E-state index contributed by atoms with van der Waals surface area (Å²) in [5.41, 5.74) is 6.18. The minimum atomic E-state index is -0.281. The van der Waals surface area contributed by atoms with Gasteiger partial charge >= 0.3 is 0 Å². The van der Waals surface area contributed by atoms with Crippen LogP contribution in [0, 0.1) is 0 Å². The largest absolute Gasteiger partial charge is 0.347 e. The number of amides is 2. The van der Waals surface area contributed by atoms with Gasteiger partial charge in [-0.25, -0.2) is 0 Å². The molecule has 0 aliphatic heterocycles. The zero-order chi connectivity index (χ0) is 14.3. The molecule has 1 aromatic carbocycles. The normalized spacial score (nSPS) is 11.7. The van der Waals surface area contributed by atoms with Crippen molar-refractivity contribution in [2.24, 2.45) is 5.73 Å². The third-order valence-corrected chi connectivity index (χ3v) is 2.65. The molecule has 0 spiro atoms. The fourth-order valence-electron chi connectivity index (χ4n) is 1.36. The number of hydrogen-bond donors (Lipinski definition) is 3. The highest BCUT2D eigenvalue weighted by Gasteiger charge is 2.06. The van der Waals surface area contributed by atoms with Crippen LogP contribution in [-0.4, -0.2) is 24.4 Å². The van der Waals surface area contributed by atoms with Crippen LogP contribution in [-0.2, 0) is 9.59 Å². The van der Waals surface area contributed by atoms with Crippen LogP contribution in [0.1, 0.15) is 19.8 Å². The number of benzene rings is 1. The predicted octanol–water partition coefficient (Wildman–Crippen LogP) is 1.52. The molecule has 0 aromatic heterocycles. The quantitative estimate of drug-likeness (QED) is 0.740. The summed E-state index contributed by atoms with van der Waals surface area (Å²) < 4.78 is 0. The van der Waals surface area contributed by atoms with Crippen LogP contribution in [0.15, 0.2) is 24.3 Å². The van der Waals surface area contributed by atoms with E-state index in [-0.39, 0.29) is 24.4 Å². The van der Waals surface area contributed by atoms with Gasteiger partial charge in [0.25, 0.3) is 0 Å². The van der Waals surface area contributed by atoms with E-state index < -0.39 is 0 Å². The molecule has 0 fully saturated rings. The van der Waals surface area contributed by atoms with E-state index in [0.29, 0.717) is 23.6 Å². The van der Waals surface area contributed by atoms with Gasteiger partial charge in [0, 0.05) is 23.2 Å². The number of hydrogen-bond acceptors (Lipinski definition) is 3. The fourth-order valence-corrected chi connectivity index (χ4v) is 1.49. The Morgan fingerprint density at radius 2 is 1.89 bits per heavy atom. The third-order valence-electron chi connectivity index (χ3n) is 2.40. The first-order chi connectivity index (χ1) is 8.97. The van der Waals surface area contributed by atoms with Crippen LogP contribution in [0.2, 0.25) is 5.02 Å². The second-order valence-electron chi connectivity index (χ2n) is 4.35. The van der Waals surface area contributed by atoms with E-state index in [1.165, 1.54) is 0 Å². The summed E-state index contributed by atoms with van der Waals surface area (Å²) in [6.07, 6.45) is 0.927. The highest BCUT2D eigenvalue weighted by molar-refractivity contribution is 6.30. The molecule has 104 valence electrons. The number of nitrogens with two attached hydrogens (primary N) is 1. The van der Waals surface area contributed by atoms with Crippen LogP contribution in [0.5, 0.6) is 0 Å². The standard InChI is InChI=1S/C13H18ClN3O2/c1-9(15)2-7-12(18)16-8-13(19)17-11-5-3-10(14)4-6-11/h3-6,9H,2,7-8,15H2,1H3,(H,16,18)(H,17,19). The van der Waals surface area contributed by atoms with E-state index in [0.717, 1.165) is 0 Å². The van der Waals surface area contributed by atoms with Crippen LogP contribution in [0.25, 0.3) is 0 Å². The van der Waals surface area contributed by atoms with Gasteiger partial charge < -0.3 is 16.4 Å². The first kappa shape index (κ1) is 15.5. The molecule has 0 radical (unpaired) electrons. The molecule has 1 aromatic rings. The summed E-state index contributed by atoms with van der Waals surface area (Å²) in [7, 11) is 0. The van der Waals surface area contributed by atoms with Crippen molar-refractivity contribution in [3.63, 3.8) is 0 Å². The fraction of sp³-hybridized carbons (Fsp3) is 0.385. The van der Waals surface area contributed by atoms with Crippen molar-refractivity contribution in [2.45, 2.75) is 25.8 Å². The van der Waals surface area contributed by atoms with Crippen molar-refractivity contribution in [1.29, 1.82) is 0 Å². The topological polar surface area (TPSA) is 84.2 Å². The Balaban J connectivity index is 2.28. The Morgan fingerprint density at radius 3 is 2.47 bits per heavy atom. The first-order valence-corrected chi connectivity index (χ1v) is 6.43. The molecule has 19 heavy (non-hydrogen) atoms. The monoisotopic (exact) mass is 283 g/mol. The van der Waals surface area contributed by atoms with Gasteiger partial charge in [-0.3, -0.25) is 9.59 Å². The van der Waals surface area contributed by atoms with Gasteiger partial charge in [-0.2, -0.15) is 0 Å². The lowest BCUT2D eigenvalue weighted by atomic mass is 10.2. The Labute approximate surface area is 117 Å². The maximum atomic E-state index is 11.6. The lowest BCUT2D eigenvalue weighted by molar-refractivity contribution is -0.124. The number of carbonyl (C=O) groups excluding carboxylic acids is 2. The number of anilines is 1. The number of carbonyl (C=O) groups is 2. The lowest BCUT2D eigenvalue weighted by Gasteiger charge is -2.08. The Bertz CT molecular complexity index is 432. The zero-order valence-electron chi connectivity index (χ0n) is 10.8. The molecule has 2 amide bonds. The van der Waals surface area contributed by atoms with Crippen LogP contribution in [0.3, 0.4) is 0 Å². The highest BCUT2D eigenvalue weighted by atomic mass is 35.5. The molecule has 0 aliphatic rings. The van der Waals surface area contributed by atoms with Crippen LogP contribution >= 0.6 is 11.6 Å². The predicted molar refractivity (Wildman–Crippen MR) is 76.0 cm³/mol. The Kier molecular flexibility index (Phi) is 6.32. The van der Waals surface area contributed by atoms with E-state index in [9.17, 15) is 9.59 Å². The lowest BCUT2D eigenvalue weighted by Crippen LogP contribution is -2.33. The van der Waals surface area contributed by atoms with Gasteiger partial charge in [-0.15, -0.1) is 0 Å². The van der Waals surface area contributed by atoms with Crippen molar-refractivity contribution < 1.29 is 9.59 Å². The molecule has 0 heterocycles. The molecule has 5 nitrogen and oxygen atoms in total. The Hall–Kier alpha value is -1.59. The van der Waals surface area contributed by atoms with Crippen LogP contribution in [0.4, 0.5) is 5.69 Å². The molecule has 0 saturated carbocycles. The highest BCUT2D eigenvalue weighted by Crippen LogP contribution is 2.12. The van der Waals surface area contributed by atoms with Gasteiger partial charge in [-0.05, 0) is 37.6 Å². The van der Waals surface area contributed by atoms with Crippen molar-refractivity contribution in [2.75, 3.05) is 11.9 Å². The summed E-state index contributed by atoms with van der Waals surface area (Å²) in [6.45, 7) is 1.78. The van der Waals surface area contributed by atoms with Gasteiger partial charge in [-0.1, -0.05) is 11.6 Å². The van der Waals surface area contributed by atoms with Crippen molar-refractivity contribution >= 4 is 29.1 Å². The molecule has 4 N–H and O–H groups in total. The van der Waals surface area contributed by atoms with Gasteiger partial charge in [0.1, 0.15) is 0 Å². The van der Waals surface area contributed by atoms with Crippen molar-refractivity contribution in [1.82, 2.24) is 5.32 Å². The molecule has 0 bridgehead atoms. The van der Waals surface area contributed by atoms with Crippen molar-refractivity contribution in [3.8, 4) is 0 Å². The van der Waals surface area contributed by atoms with Crippen molar-refractivity contribution in [3.05, 3.63) is 29.3 Å². The number of halogens is 1. The average Bonchev–Trinajstić information content (AvgIpc) is 2.36. The van der Waals surface area contributed by atoms with E-state index in [1.807, 2.05) is 6.92 Å². The minimum Gasteiger partial charge on any atom is -0.347 e. The summed E-state index contributed by atoms with van der Waals surface area (Å²) >= 11 is 5.73. The van der Waals surface area contributed by atoms with Crippen LogP contribution < -0.4 is 16.4 Å². The van der Waals surface area contributed by atoms with E-state index >= 15 is 0 Å². The third kappa shape index (κ3) is 6.79. The molecular weight excluding hydrogens is 266 g/mol. The summed E-state index contributed by atoms with van der Waals surface area (Å²) in [6, 6.07) is 6.72. The van der Waals surface area contributed by atoms with Gasteiger partial charge in [0.05, 0.1) is 6.54 Å². The number of rotatable bonds is 6. The maximum Gasteiger partial charge on any atom is 0.243 e. The molecular formula is C13H18ClN3O2. The average molecular weight is 284 g/mol. The Morgan fingerprint density at radius 1 is 1.26 bits per heavy atom. The molecule has 0 aliphatic carbocycles. The second-order valence-corrected chi connectivity index (χ2v) is 4.78. The first-order valence-electron chi connectivity index (χ1n) is 6.05. The summed E-state index contributed by atoms with van der Waals surface area (Å²) in [5, 5.41) is 5.79. The minimum absolute atomic E-state index is 0.0198. The van der Waals surface area contributed by atoms with E-state index in [2.05, 4.69) is 10.6 Å². The summed E-state index contributed by atoms with van der Waals surface area (Å²) in [5.74, 6) is -0.458. The smallest absolute Gasteiger partial charge is 0.243 e. The second kappa shape index (κ2) is 7.76. The van der Waals surface area contributed by atoms with Gasteiger partial charge in [0.2, 0.25) is 11.8 Å². The van der Waals surface area contributed by atoms with Gasteiger partial charge in [0.15, 0.2) is 0 Å². The maximum absolute atomic E-state index is 11.6. The molecule has 6 heteroatoms. The summed E-state index contributed by atoms with van der Waals surface area (Å²) in [4.78, 5) is 22.9. The SMILES string of the molecule is CC(N)CCC(=O)NCC(=O)Nc1ccc(Cl)cc1.